The molecule has 1 fully saturated rings. The van der Waals surface area contributed by atoms with Crippen molar-refractivity contribution in [2.24, 2.45) is 27.7 Å². The molecule has 36 heavy (non-hydrogen) atoms. The topological polar surface area (TPSA) is 105 Å². The van der Waals surface area contributed by atoms with E-state index in [9.17, 15) is 14.4 Å². The second-order valence-electron chi connectivity index (χ2n) is 9.37. The van der Waals surface area contributed by atoms with Gasteiger partial charge in [-0.1, -0.05) is 12.2 Å². The Kier molecular flexibility index (Phi) is 6.60. The molecule has 0 bridgehead atoms. The first-order valence-corrected chi connectivity index (χ1v) is 12.1. The molecule has 3 atom stereocenters. The van der Waals surface area contributed by atoms with E-state index in [4.69, 9.17) is 5.26 Å². The Labute approximate surface area is 209 Å². The number of benzene rings is 1. The largest absolute Gasteiger partial charge is 0.385 e. The molecule has 1 saturated heterocycles. The number of carbonyl (C=O) groups excluding carboxylic acids is 1. The summed E-state index contributed by atoms with van der Waals surface area (Å²) < 4.78 is 14.1. The van der Waals surface area contributed by atoms with Gasteiger partial charge in [0.25, 0.3) is 0 Å². The van der Waals surface area contributed by atoms with Gasteiger partial charge in [-0.05, 0) is 60.8 Å². The van der Waals surface area contributed by atoms with Crippen molar-refractivity contribution in [2.75, 3.05) is 13.1 Å². The number of hydrogen-bond acceptors (Lipinski definition) is 6. The Bertz CT molecular complexity index is 1330. The molecule has 0 aromatic heterocycles. The van der Waals surface area contributed by atoms with Crippen LogP contribution in [0.15, 0.2) is 70.1 Å². The van der Waals surface area contributed by atoms with Gasteiger partial charge in [0.15, 0.2) is 0 Å². The van der Waals surface area contributed by atoms with E-state index in [2.05, 4.69) is 21.4 Å². The highest BCUT2D eigenvalue weighted by atomic mass is 19.1. The lowest BCUT2D eigenvalue weighted by atomic mass is 9.80. The molecule has 1 aromatic rings. The molecule has 180 valence electrons. The summed E-state index contributed by atoms with van der Waals surface area (Å²) in [6.07, 6.45) is 15.3. The summed E-state index contributed by atoms with van der Waals surface area (Å²) in [7, 11) is 0. The van der Waals surface area contributed by atoms with E-state index in [1.54, 1.807) is 24.6 Å². The minimum Gasteiger partial charge on any atom is -0.385 e. The SMILES string of the molecule is N#CC1=CCC(C(=O)N2CCC(NC3=CC(c4cc(F)cc(C#N)c4)=CC4C=CN=CC34)CC2)C=N1. The Hall–Kier alpha value is -4.30. The quantitative estimate of drug-likeness (QED) is 0.706. The van der Waals surface area contributed by atoms with Gasteiger partial charge in [-0.2, -0.15) is 10.5 Å². The second kappa shape index (κ2) is 10.1. The van der Waals surface area contributed by atoms with Crippen LogP contribution < -0.4 is 5.32 Å². The molecule has 4 aliphatic rings. The van der Waals surface area contributed by atoms with Crippen LogP contribution in [-0.2, 0) is 4.79 Å². The summed E-state index contributed by atoms with van der Waals surface area (Å²) in [6.45, 7) is 1.28. The highest BCUT2D eigenvalue weighted by molar-refractivity contribution is 5.94. The maximum absolute atomic E-state index is 14.1. The standard InChI is InChI=1S/C28H25FN6O/c29-23-10-18(14-30)9-21(12-23)22-11-19-3-6-32-17-26(19)27(13-22)34-24-4-7-35(8-5-24)28(36)20-1-2-25(15-31)33-16-20/h2-3,6,9-13,16-17,19-20,24,26,34H,1,4-5,7-8H2. The van der Waals surface area contributed by atoms with Crippen LogP contribution in [0.1, 0.15) is 30.4 Å². The highest BCUT2D eigenvalue weighted by Gasteiger charge is 2.31. The van der Waals surface area contributed by atoms with Crippen molar-refractivity contribution in [3.05, 3.63) is 77.0 Å². The summed E-state index contributed by atoms with van der Waals surface area (Å²) in [4.78, 5) is 23.2. The Morgan fingerprint density at radius 3 is 2.69 bits per heavy atom. The van der Waals surface area contributed by atoms with Crippen molar-refractivity contribution >= 4 is 23.9 Å². The normalized spacial score (nSPS) is 25.1. The molecule has 0 spiro atoms. The average Bonchev–Trinajstić information content (AvgIpc) is 2.92. The number of halogens is 1. The molecule has 1 N–H and O–H groups in total. The first-order chi connectivity index (χ1) is 17.5. The lowest BCUT2D eigenvalue weighted by molar-refractivity contribution is -0.134. The Morgan fingerprint density at radius 2 is 1.97 bits per heavy atom. The number of hydrogen-bond donors (Lipinski definition) is 1. The predicted molar refractivity (Wildman–Crippen MR) is 135 cm³/mol. The van der Waals surface area contributed by atoms with Crippen LogP contribution in [0.3, 0.4) is 0 Å². The summed E-state index contributed by atoms with van der Waals surface area (Å²) in [6, 6.07) is 8.61. The third kappa shape index (κ3) is 4.89. The molecule has 3 heterocycles. The summed E-state index contributed by atoms with van der Waals surface area (Å²) in [5.74, 6) is -0.554. The smallest absolute Gasteiger partial charge is 0.231 e. The fourth-order valence-electron chi connectivity index (χ4n) is 5.09. The van der Waals surface area contributed by atoms with Crippen molar-refractivity contribution < 1.29 is 9.18 Å². The number of rotatable bonds is 4. The van der Waals surface area contributed by atoms with Gasteiger partial charge in [-0.15, -0.1) is 0 Å². The van der Waals surface area contributed by atoms with Gasteiger partial charge in [-0.3, -0.25) is 9.79 Å². The number of likely N-dealkylation sites (tertiary alicyclic amines) is 1. The molecule has 1 aromatic carbocycles. The van der Waals surface area contributed by atoms with Gasteiger partial charge in [0, 0.05) is 55.3 Å². The number of nitrogens with one attached hydrogen (secondary N) is 1. The van der Waals surface area contributed by atoms with Crippen LogP contribution in [0.4, 0.5) is 4.39 Å². The van der Waals surface area contributed by atoms with E-state index in [1.165, 1.54) is 12.1 Å². The van der Waals surface area contributed by atoms with E-state index >= 15 is 0 Å². The molecule has 3 aliphatic heterocycles. The van der Waals surface area contributed by atoms with E-state index in [1.807, 2.05) is 35.4 Å². The number of carbonyl (C=O) groups is 1. The van der Waals surface area contributed by atoms with Crippen LogP contribution in [0.2, 0.25) is 0 Å². The number of nitriles is 2. The van der Waals surface area contributed by atoms with Crippen LogP contribution in [0, 0.1) is 46.2 Å². The lowest BCUT2D eigenvalue weighted by Gasteiger charge is -2.37. The Balaban J connectivity index is 1.27. The number of fused-ring (bicyclic) bond motifs is 1. The third-order valence-electron chi connectivity index (χ3n) is 7.03. The first kappa shape index (κ1) is 23.4. The number of allylic oxidation sites excluding steroid dienone is 7. The molecule has 1 amide bonds. The van der Waals surface area contributed by atoms with Gasteiger partial charge in [0.2, 0.25) is 5.91 Å². The fraction of sp³-hybridized carbons (Fsp3) is 0.321. The van der Waals surface area contributed by atoms with Crippen molar-refractivity contribution in [3.8, 4) is 12.1 Å². The Morgan fingerprint density at radius 1 is 1.14 bits per heavy atom. The maximum Gasteiger partial charge on any atom is 0.231 e. The fourth-order valence-corrected chi connectivity index (χ4v) is 5.09. The number of amides is 1. The van der Waals surface area contributed by atoms with Crippen LogP contribution in [0.25, 0.3) is 5.57 Å². The molecule has 3 unspecified atom stereocenters. The van der Waals surface area contributed by atoms with E-state index in [0.717, 1.165) is 24.1 Å². The minimum absolute atomic E-state index is 0.0524. The number of piperidine rings is 1. The monoisotopic (exact) mass is 480 g/mol. The van der Waals surface area contributed by atoms with Crippen LogP contribution in [-0.4, -0.2) is 42.4 Å². The third-order valence-corrected chi connectivity index (χ3v) is 7.03. The molecule has 7 nitrogen and oxygen atoms in total. The van der Waals surface area contributed by atoms with Gasteiger partial charge in [0.05, 0.1) is 17.6 Å². The van der Waals surface area contributed by atoms with Gasteiger partial charge in [0.1, 0.15) is 17.6 Å². The molecule has 1 aliphatic carbocycles. The molecule has 0 saturated carbocycles. The van der Waals surface area contributed by atoms with E-state index in [-0.39, 0.29) is 35.3 Å². The van der Waals surface area contributed by atoms with Gasteiger partial charge >= 0.3 is 0 Å². The molecule has 8 heteroatoms. The summed E-state index contributed by atoms with van der Waals surface area (Å²) >= 11 is 0. The van der Waals surface area contributed by atoms with Crippen LogP contribution in [0.5, 0.6) is 0 Å². The van der Waals surface area contributed by atoms with Gasteiger partial charge < -0.3 is 10.2 Å². The van der Waals surface area contributed by atoms with Crippen molar-refractivity contribution in [3.63, 3.8) is 0 Å². The first-order valence-electron chi connectivity index (χ1n) is 12.1. The highest BCUT2D eigenvalue weighted by Crippen LogP contribution is 2.35. The molecular weight excluding hydrogens is 455 g/mol. The zero-order valence-corrected chi connectivity index (χ0v) is 19.6. The summed E-state index contributed by atoms with van der Waals surface area (Å²) in [5, 5.41) is 21.9. The number of nitrogens with zero attached hydrogens (tertiary/aromatic N) is 5. The van der Waals surface area contributed by atoms with Gasteiger partial charge in [-0.25, -0.2) is 9.38 Å². The maximum atomic E-state index is 14.1. The van der Waals surface area contributed by atoms with E-state index in [0.29, 0.717) is 30.8 Å². The van der Waals surface area contributed by atoms with Crippen molar-refractivity contribution in [2.45, 2.75) is 25.3 Å². The average molecular weight is 481 g/mol. The van der Waals surface area contributed by atoms with Crippen molar-refractivity contribution in [1.82, 2.24) is 10.2 Å². The lowest BCUT2D eigenvalue weighted by Crippen LogP contribution is -2.48. The zero-order chi connectivity index (χ0) is 25.1. The zero-order valence-electron chi connectivity index (χ0n) is 19.6. The van der Waals surface area contributed by atoms with Crippen molar-refractivity contribution in [1.29, 1.82) is 10.5 Å². The minimum atomic E-state index is -0.435. The molecule has 5 rings (SSSR count). The predicted octanol–water partition coefficient (Wildman–Crippen LogP) is 3.89. The number of aliphatic imine (C=N–C) groups is 2. The second-order valence-corrected chi connectivity index (χ2v) is 9.37. The molecule has 0 radical (unpaired) electrons. The van der Waals surface area contributed by atoms with Crippen LogP contribution >= 0.6 is 0 Å². The summed E-state index contributed by atoms with van der Waals surface area (Å²) in [5.41, 5.74) is 3.19. The van der Waals surface area contributed by atoms with E-state index < -0.39 is 5.82 Å². The molecular formula is C28H25FN6O.